The molecule has 1 N–H and O–H groups in total. The van der Waals surface area contributed by atoms with Crippen molar-refractivity contribution in [2.24, 2.45) is 0 Å². The number of piperazine rings is 1. The summed E-state index contributed by atoms with van der Waals surface area (Å²) in [5.41, 5.74) is -1.06. The molecule has 0 spiro atoms. The van der Waals surface area contributed by atoms with Crippen LogP contribution in [0.4, 0.5) is 17.6 Å². The van der Waals surface area contributed by atoms with Crippen molar-refractivity contribution in [2.45, 2.75) is 56.9 Å². The molecular formula is C22H31Cl2F4N3O3S. The molecule has 1 saturated carbocycles. The molecule has 200 valence electrons. The molecule has 2 fully saturated rings. The highest BCUT2D eigenvalue weighted by molar-refractivity contribution is 7.89. The Morgan fingerprint density at radius 1 is 1.11 bits per heavy atom. The van der Waals surface area contributed by atoms with Crippen molar-refractivity contribution in [1.82, 2.24) is 14.5 Å². The summed E-state index contributed by atoms with van der Waals surface area (Å²) in [6, 6.07) is 3.40. The summed E-state index contributed by atoms with van der Waals surface area (Å²) < 4.78 is 80.8. The van der Waals surface area contributed by atoms with Crippen molar-refractivity contribution >= 4 is 39.9 Å². The first-order chi connectivity index (χ1) is 15.7. The van der Waals surface area contributed by atoms with Gasteiger partial charge in [0.05, 0.1) is 16.3 Å². The average Bonchev–Trinajstić information content (AvgIpc) is 2.78. The van der Waals surface area contributed by atoms with Crippen molar-refractivity contribution in [2.75, 3.05) is 38.5 Å². The van der Waals surface area contributed by atoms with Crippen LogP contribution in [0.5, 0.6) is 0 Å². The molecule has 35 heavy (non-hydrogen) atoms. The highest BCUT2D eigenvalue weighted by Crippen LogP contribution is 2.42. The fourth-order valence-electron chi connectivity index (χ4n) is 4.62. The van der Waals surface area contributed by atoms with E-state index in [4.69, 9.17) is 11.6 Å². The second-order valence-corrected chi connectivity index (χ2v) is 11.8. The van der Waals surface area contributed by atoms with E-state index in [-0.39, 0.29) is 79.6 Å². The maximum atomic E-state index is 14.0. The third kappa shape index (κ3) is 7.00. The van der Waals surface area contributed by atoms with Gasteiger partial charge < -0.3 is 5.32 Å². The number of hydrogen-bond donors (Lipinski definition) is 1. The summed E-state index contributed by atoms with van der Waals surface area (Å²) in [5.74, 6) is -6.49. The van der Waals surface area contributed by atoms with Crippen molar-refractivity contribution in [3.05, 3.63) is 34.3 Å². The fraction of sp³-hybridized carbons (Fsp3) is 0.682. The molecule has 1 aliphatic carbocycles. The molecule has 13 heteroatoms. The number of nitrogens with zero attached hydrogens (tertiary/aromatic N) is 2. The van der Waals surface area contributed by atoms with E-state index in [0.29, 0.717) is 13.1 Å². The van der Waals surface area contributed by atoms with E-state index in [1.165, 1.54) is 10.4 Å². The van der Waals surface area contributed by atoms with Crippen LogP contribution in [0.3, 0.4) is 0 Å². The Kier molecular flexibility index (Phi) is 9.53. The molecular weight excluding hydrogens is 533 g/mol. The molecule has 6 nitrogen and oxygen atoms in total. The van der Waals surface area contributed by atoms with Gasteiger partial charge in [-0.15, -0.1) is 12.4 Å². The number of rotatable bonds is 7. The van der Waals surface area contributed by atoms with E-state index in [1.54, 1.807) is 6.92 Å². The van der Waals surface area contributed by atoms with Crippen molar-refractivity contribution in [3.8, 4) is 0 Å². The molecule has 1 heterocycles. The smallest absolute Gasteiger partial charge is 0.270 e. The van der Waals surface area contributed by atoms with Crippen LogP contribution >= 0.6 is 24.0 Å². The van der Waals surface area contributed by atoms with Gasteiger partial charge in [0.1, 0.15) is 0 Å². The molecule has 0 bridgehead atoms. The van der Waals surface area contributed by atoms with Gasteiger partial charge in [-0.3, -0.25) is 9.69 Å². The van der Waals surface area contributed by atoms with Crippen LogP contribution < -0.4 is 5.32 Å². The third-order valence-electron chi connectivity index (χ3n) is 6.88. The maximum Gasteiger partial charge on any atom is 0.270 e. The molecule has 3 rings (SSSR count). The summed E-state index contributed by atoms with van der Waals surface area (Å²) in [4.78, 5) is 14.8. The number of sulfonamides is 1. The SMILES string of the molecule is CCS(=O)(=O)N1CCN(C2(CNC(=O)c3ccc(C(C)(F)F)cc3Cl)CCC(F)(F)CC2)CC1.Cl. The lowest BCUT2D eigenvalue weighted by Gasteiger charge is -2.50. The van der Waals surface area contributed by atoms with E-state index in [0.717, 1.165) is 19.1 Å². The highest BCUT2D eigenvalue weighted by atomic mass is 35.5. The van der Waals surface area contributed by atoms with Gasteiger partial charge in [-0.1, -0.05) is 17.7 Å². The standard InChI is InChI=1S/C22H30ClF4N3O3S.ClH/c1-3-34(32,33)30-12-10-29(11-13-30)21(6-8-22(26,27)9-7-21)15-28-19(31)17-5-4-16(14-18(17)23)20(2,24)25;/h4-5,14H,3,6-13,15H2,1-2H3,(H,28,31);1H. The second-order valence-electron chi connectivity index (χ2n) is 9.13. The van der Waals surface area contributed by atoms with E-state index < -0.39 is 33.3 Å². The van der Waals surface area contributed by atoms with Gasteiger partial charge >= 0.3 is 0 Å². The van der Waals surface area contributed by atoms with Gasteiger partial charge in [-0.25, -0.2) is 26.0 Å². The van der Waals surface area contributed by atoms with Gasteiger partial charge in [-0.2, -0.15) is 4.31 Å². The number of benzene rings is 1. The molecule has 2 aliphatic rings. The predicted molar refractivity (Wildman–Crippen MR) is 129 cm³/mol. The maximum absolute atomic E-state index is 14.0. The lowest BCUT2D eigenvalue weighted by molar-refractivity contribution is -0.0856. The summed E-state index contributed by atoms with van der Waals surface area (Å²) in [6.07, 6.45) is -0.403. The van der Waals surface area contributed by atoms with Crippen LogP contribution in [0, 0.1) is 0 Å². The third-order valence-corrected chi connectivity index (χ3v) is 9.07. The van der Waals surface area contributed by atoms with Crippen molar-refractivity contribution in [3.63, 3.8) is 0 Å². The lowest BCUT2D eigenvalue weighted by atomic mass is 9.78. The van der Waals surface area contributed by atoms with Crippen molar-refractivity contribution < 1.29 is 30.8 Å². The molecule has 0 aromatic heterocycles. The Balaban J connectivity index is 0.00000432. The summed E-state index contributed by atoms with van der Waals surface area (Å²) in [7, 11) is -3.35. The normalized spacial score (nSPS) is 21.2. The largest absolute Gasteiger partial charge is 0.350 e. The van der Waals surface area contributed by atoms with Crippen LogP contribution in [0.25, 0.3) is 0 Å². The number of amides is 1. The van der Waals surface area contributed by atoms with Crippen LogP contribution in [-0.4, -0.2) is 73.5 Å². The number of halogens is 6. The zero-order chi connectivity index (χ0) is 25.4. The molecule has 1 aliphatic heterocycles. The molecule has 1 aromatic rings. The van der Waals surface area contributed by atoms with Gasteiger partial charge in [0.15, 0.2) is 0 Å². The lowest BCUT2D eigenvalue weighted by Crippen LogP contribution is -2.63. The van der Waals surface area contributed by atoms with Crippen LogP contribution in [0.2, 0.25) is 5.02 Å². The Hall–Kier alpha value is -1.14. The Labute approximate surface area is 214 Å². The minimum absolute atomic E-state index is 0. The van der Waals surface area contributed by atoms with Crippen LogP contribution in [-0.2, 0) is 15.9 Å². The average molecular weight is 564 g/mol. The van der Waals surface area contributed by atoms with E-state index in [2.05, 4.69) is 5.32 Å². The number of nitrogens with one attached hydrogen (secondary N) is 1. The first kappa shape index (κ1) is 30.1. The van der Waals surface area contributed by atoms with Gasteiger partial charge in [0, 0.05) is 63.6 Å². The van der Waals surface area contributed by atoms with E-state index in [1.807, 2.05) is 4.90 Å². The monoisotopic (exact) mass is 563 g/mol. The number of carbonyl (C=O) groups is 1. The molecule has 1 saturated heterocycles. The predicted octanol–water partition coefficient (Wildman–Crippen LogP) is 4.52. The zero-order valence-corrected chi connectivity index (χ0v) is 22.0. The van der Waals surface area contributed by atoms with E-state index in [9.17, 15) is 30.8 Å². The van der Waals surface area contributed by atoms with Crippen LogP contribution in [0.1, 0.15) is 55.5 Å². The molecule has 0 radical (unpaired) electrons. The summed E-state index contributed by atoms with van der Waals surface area (Å²) in [5, 5.41) is 2.63. The van der Waals surface area contributed by atoms with Gasteiger partial charge in [-0.05, 0) is 31.9 Å². The minimum atomic E-state index is -3.35. The minimum Gasteiger partial charge on any atom is -0.350 e. The Bertz CT molecular complexity index is 1000. The Morgan fingerprint density at radius 2 is 1.69 bits per heavy atom. The first-order valence-corrected chi connectivity index (χ1v) is 13.2. The van der Waals surface area contributed by atoms with Gasteiger partial charge in [0.25, 0.3) is 11.8 Å². The fourth-order valence-corrected chi connectivity index (χ4v) is 5.97. The number of alkyl halides is 4. The number of hydrogen-bond acceptors (Lipinski definition) is 4. The zero-order valence-electron chi connectivity index (χ0n) is 19.6. The Morgan fingerprint density at radius 3 is 2.17 bits per heavy atom. The first-order valence-electron chi connectivity index (χ1n) is 11.3. The summed E-state index contributed by atoms with van der Waals surface area (Å²) >= 11 is 6.08. The quantitative estimate of drug-likeness (QED) is 0.495. The number of carbonyl (C=O) groups excluding carboxylic acids is 1. The highest BCUT2D eigenvalue weighted by Gasteiger charge is 2.47. The topological polar surface area (TPSA) is 69.7 Å². The molecule has 0 atom stereocenters. The van der Waals surface area contributed by atoms with Gasteiger partial charge in [0.2, 0.25) is 15.9 Å². The van der Waals surface area contributed by atoms with Crippen LogP contribution in [0.15, 0.2) is 18.2 Å². The molecule has 0 unspecified atom stereocenters. The molecule has 1 amide bonds. The molecule has 1 aromatic carbocycles. The summed E-state index contributed by atoms with van der Waals surface area (Å²) in [6.45, 7) is 3.59. The van der Waals surface area contributed by atoms with Crippen molar-refractivity contribution in [1.29, 1.82) is 0 Å². The van der Waals surface area contributed by atoms with E-state index >= 15 is 0 Å². The second kappa shape index (κ2) is 11.1.